The van der Waals surface area contributed by atoms with Crippen LogP contribution in [0.1, 0.15) is 37.4 Å². The first kappa shape index (κ1) is 17.9. The largest absolute Gasteiger partial charge is 0.486 e. The molecule has 7 heteroatoms. The van der Waals surface area contributed by atoms with Crippen LogP contribution in [-0.2, 0) is 4.79 Å². The molecule has 1 saturated heterocycles. The summed E-state index contributed by atoms with van der Waals surface area (Å²) >= 11 is 6.24. The van der Waals surface area contributed by atoms with E-state index in [-0.39, 0.29) is 17.9 Å². The van der Waals surface area contributed by atoms with Crippen molar-refractivity contribution in [1.82, 2.24) is 10.6 Å². The van der Waals surface area contributed by atoms with Crippen molar-refractivity contribution in [3.63, 3.8) is 0 Å². The minimum absolute atomic E-state index is 0.0508. The Kier molecular flexibility index (Phi) is 4.99. The van der Waals surface area contributed by atoms with Crippen molar-refractivity contribution in [1.29, 1.82) is 0 Å². The molecule has 0 radical (unpaired) electrons. The molecule has 2 fully saturated rings. The minimum Gasteiger partial charge on any atom is -0.486 e. The summed E-state index contributed by atoms with van der Waals surface area (Å²) < 4.78 is 11.1. The molecule has 0 bridgehead atoms. The molecule has 1 aromatic carbocycles. The molecule has 26 heavy (non-hydrogen) atoms. The van der Waals surface area contributed by atoms with Crippen LogP contribution in [0.25, 0.3) is 0 Å². The quantitative estimate of drug-likeness (QED) is 0.745. The molecule has 3 N–H and O–H groups in total. The van der Waals surface area contributed by atoms with Gasteiger partial charge in [0, 0.05) is 13.1 Å². The number of aliphatic hydroxyl groups is 1. The Bertz CT molecular complexity index is 698. The molecule has 1 aliphatic carbocycles. The number of nitrogens with one attached hydrogen (secondary N) is 2. The van der Waals surface area contributed by atoms with Crippen LogP contribution in [0.4, 0.5) is 0 Å². The van der Waals surface area contributed by atoms with E-state index in [0.29, 0.717) is 41.2 Å². The van der Waals surface area contributed by atoms with Gasteiger partial charge in [-0.3, -0.25) is 4.79 Å². The van der Waals surface area contributed by atoms with Gasteiger partial charge in [-0.1, -0.05) is 24.4 Å². The fraction of sp³-hybridized carbons (Fsp3) is 0.632. The number of hydrogen-bond acceptors (Lipinski definition) is 5. The van der Waals surface area contributed by atoms with Gasteiger partial charge in [0.05, 0.1) is 16.5 Å². The molecule has 1 unspecified atom stereocenters. The Balaban J connectivity index is 1.43. The number of carbonyl (C=O) groups excluding carboxylic acids is 1. The highest BCUT2D eigenvalue weighted by atomic mass is 35.5. The van der Waals surface area contributed by atoms with E-state index < -0.39 is 6.10 Å². The maximum atomic E-state index is 12.9. The second-order valence-corrected chi connectivity index (χ2v) is 7.89. The van der Waals surface area contributed by atoms with E-state index >= 15 is 0 Å². The van der Waals surface area contributed by atoms with Gasteiger partial charge in [0.15, 0.2) is 11.5 Å². The standard InChI is InChI=1S/C19H25ClN2O4/c20-14-7-12(8-16-17(14)26-6-5-25-16)15(23)10-22-18(24)19-4-2-1-3-13(19)9-21-11-19/h7-8,13,15,21,23H,1-6,9-11H2,(H,22,24)/t13-,15?,19+/m0/s1. The van der Waals surface area contributed by atoms with E-state index in [4.69, 9.17) is 21.1 Å². The van der Waals surface area contributed by atoms with E-state index in [0.717, 1.165) is 32.4 Å². The predicted molar refractivity (Wildman–Crippen MR) is 97.7 cm³/mol. The fourth-order valence-corrected chi connectivity index (χ4v) is 4.77. The van der Waals surface area contributed by atoms with Crippen molar-refractivity contribution in [3.05, 3.63) is 22.7 Å². The Morgan fingerprint density at radius 2 is 2.23 bits per heavy atom. The van der Waals surface area contributed by atoms with E-state index in [1.54, 1.807) is 12.1 Å². The van der Waals surface area contributed by atoms with Gasteiger partial charge in [0.25, 0.3) is 0 Å². The van der Waals surface area contributed by atoms with Crippen LogP contribution in [0.15, 0.2) is 12.1 Å². The zero-order valence-electron chi connectivity index (χ0n) is 14.7. The van der Waals surface area contributed by atoms with Crippen LogP contribution in [0.3, 0.4) is 0 Å². The number of fused-ring (bicyclic) bond motifs is 2. The molecule has 0 spiro atoms. The lowest BCUT2D eigenvalue weighted by atomic mass is 9.67. The fourth-order valence-electron chi connectivity index (χ4n) is 4.50. The van der Waals surface area contributed by atoms with Crippen LogP contribution < -0.4 is 20.1 Å². The van der Waals surface area contributed by atoms with Gasteiger partial charge in [-0.2, -0.15) is 0 Å². The third kappa shape index (κ3) is 3.15. The van der Waals surface area contributed by atoms with Gasteiger partial charge in [-0.25, -0.2) is 0 Å². The molecule has 1 aromatic rings. The van der Waals surface area contributed by atoms with Crippen LogP contribution in [-0.4, -0.2) is 43.9 Å². The minimum atomic E-state index is -0.847. The third-order valence-corrected chi connectivity index (χ3v) is 6.23. The predicted octanol–water partition coefficient (Wildman–Crippen LogP) is 2.04. The van der Waals surface area contributed by atoms with Gasteiger partial charge in [-0.15, -0.1) is 0 Å². The smallest absolute Gasteiger partial charge is 0.227 e. The number of hydrogen-bond donors (Lipinski definition) is 3. The second kappa shape index (κ2) is 7.25. The lowest BCUT2D eigenvalue weighted by molar-refractivity contribution is -0.134. The lowest BCUT2D eigenvalue weighted by Crippen LogP contribution is -2.48. The lowest BCUT2D eigenvalue weighted by Gasteiger charge is -2.37. The van der Waals surface area contributed by atoms with E-state index in [2.05, 4.69) is 10.6 Å². The van der Waals surface area contributed by atoms with Gasteiger partial charge < -0.3 is 25.2 Å². The van der Waals surface area contributed by atoms with Gasteiger partial charge in [0.2, 0.25) is 5.91 Å². The first-order valence-corrected chi connectivity index (χ1v) is 9.74. The van der Waals surface area contributed by atoms with Crippen molar-refractivity contribution < 1.29 is 19.4 Å². The van der Waals surface area contributed by atoms with E-state index in [1.807, 2.05) is 0 Å². The molecule has 6 nitrogen and oxygen atoms in total. The van der Waals surface area contributed by atoms with Crippen molar-refractivity contribution >= 4 is 17.5 Å². The monoisotopic (exact) mass is 380 g/mol. The van der Waals surface area contributed by atoms with E-state index in [9.17, 15) is 9.90 Å². The topological polar surface area (TPSA) is 79.8 Å². The summed E-state index contributed by atoms with van der Waals surface area (Å²) in [6.07, 6.45) is 3.45. The normalized spacial score (nSPS) is 28.3. The second-order valence-electron chi connectivity index (χ2n) is 7.48. The molecule has 1 amide bonds. The van der Waals surface area contributed by atoms with Crippen LogP contribution in [0, 0.1) is 11.3 Å². The molecule has 3 atom stereocenters. The summed E-state index contributed by atoms with van der Waals surface area (Å²) in [5.74, 6) is 1.50. The molecule has 142 valence electrons. The van der Waals surface area contributed by atoms with Crippen LogP contribution in [0.5, 0.6) is 11.5 Å². The van der Waals surface area contributed by atoms with Gasteiger partial charge >= 0.3 is 0 Å². The molecular formula is C19H25ClN2O4. The van der Waals surface area contributed by atoms with E-state index in [1.165, 1.54) is 6.42 Å². The number of ether oxygens (including phenoxy) is 2. The summed E-state index contributed by atoms with van der Waals surface area (Å²) in [5, 5.41) is 17.3. The number of amides is 1. The molecule has 2 aliphatic heterocycles. The highest BCUT2D eigenvalue weighted by Crippen LogP contribution is 2.44. The average Bonchev–Trinajstić information content (AvgIpc) is 3.11. The molecule has 1 saturated carbocycles. The van der Waals surface area contributed by atoms with Crippen LogP contribution in [0.2, 0.25) is 5.02 Å². The summed E-state index contributed by atoms with van der Waals surface area (Å²) in [6.45, 7) is 2.71. The average molecular weight is 381 g/mol. The van der Waals surface area contributed by atoms with Crippen LogP contribution >= 0.6 is 11.6 Å². The van der Waals surface area contributed by atoms with Crippen molar-refractivity contribution in [2.24, 2.45) is 11.3 Å². The summed E-state index contributed by atoms with van der Waals surface area (Å²) in [6, 6.07) is 3.40. The van der Waals surface area contributed by atoms with Gasteiger partial charge in [-0.05, 0) is 43.0 Å². The molecule has 0 aromatic heterocycles. The zero-order valence-corrected chi connectivity index (χ0v) is 15.5. The Morgan fingerprint density at radius 1 is 1.38 bits per heavy atom. The Labute approximate surface area is 158 Å². The Hall–Kier alpha value is -1.50. The molecule has 2 heterocycles. The van der Waals surface area contributed by atoms with Crippen molar-refractivity contribution in [2.75, 3.05) is 32.8 Å². The van der Waals surface area contributed by atoms with Crippen molar-refractivity contribution in [2.45, 2.75) is 31.8 Å². The number of rotatable bonds is 4. The number of aliphatic hydroxyl groups excluding tert-OH is 1. The van der Waals surface area contributed by atoms with Gasteiger partial charge in [0.1, 0.15) is 13.2 Å². The first-order valence-electron chi connectivity index (χ1n) is 9.36. The maximum absolute atomic E-state index is 12.9. The summed E-state index contributed by atoms with van der Waals surface area (Å²) in [7, 11) is 0. The molecule has 4 rings (SSSR count). The zero-order chi connectivity index (χ0) is 18.1. The van der Waals surface area contributed by atoms with Crippen molar-refractivity contribution in [3.8, 4) is 11.5 Å². The summed E-state index contributed by atoms with van der Waals surface area (Å²) in [4.78, 5) is 12.9. The maximum Gasteiger partial charge on any atom is 0.227 e. The highest BCUT2D eigenvalue weighted by Gasteiger charge is 2.49. The number of benzene rings is 1. The third-order valence-electron chi connectivity index (χ3n) is 5.95. The molecular weight excluding hydrogens is 356 g/mol. The SMILES string of the molecule is O=C(NCC(O)c1cc(Cl)c2c(c1)OCCO2)[C@@]12CCCC[C@H]1CNC2. The molecule has 3 aliphatic rings. The first-order chi connectivity index (χ1) is 12.6. The summed E-state index contributed by atoms with van der Waals surface area (Å²) in [5.41, 5.74) is 0.296. The number of carbonyl (C=O) groups is 1. The number of halogens is 1. The highest BCUT2D eigenvalue weighted by molar-refractivity contribution is 6.32. The Morgan fingerprint density at radius 3 is 3.12 bits per heavy atom.